The van der Waals surface area contributed by atoms with Gasteiger partial charge in [-0.3, -0.25) is 14.9 Å². The molecule has 2 rings (SSSR count). The predicted molar refractivity (Wildman–Crippen MR) is 70.7 cm³/mol. The normalized spacial score (nSPS) is 10.1. The van der Waals surface area contributed by atoms with E-state index in [1.165, 1.54) is 18.5 Å². The Labute approximate surface area is 111 Å². The average Bonchev–Trinajstić information content (AvgIpc) is 2.36. The van der Waals surface area contributed by atoms with Gasteiger partial charge in [-0.2, -0.15) is 0 Å². The van der Waals surface area contributed by atoms with E-state index >= 15 is 0 Å². The number of carbonyl (C=O) groups is 1. The highest BCUT2D eigenvalue weighted by Gasteiger charge is 2.07. The van der Waals surface area contributed by atoms with Gasteiger partial charge in [0.1, 0.15) is 5.82 Å². The van der Waals surface area contributed by atoms with Crippen LogP contribution in [0.4, 0.5) is 11.8 Å². The van der Waals surface area contributed by atoms with Gasteiger partial charge in [-0.15, -0.1) is 0 Å². The quantitative estimate of drug-likeness (QED) is 0.525. The first-order valence-electron chi connectivity index (χ1n) is 5.20. The van der Waals surface area contributed by atoms with Crippen LogP contribution in [0.25, 0.3) is 0 Å². The zero-order valence-electron chi connectivity index (χ0n) is 9.66. The van der Waals surface area contributed by atoms with Gasteiger partial charge in [0.2, 0.25) is 11.9 Å². The number of nitrogens with zero attached hydrogens (tertiary/aromatic N) is 3. The largest absolute Gasteiger partial charge is 0.383 e. The third-order valence-electron chi connectivity index (χ3n) is 1.90. The zero-order chi connectivity index (χ0) is 13.7. The van der Waals surface area contributed by atoms with Crippen molar-refractivity contribution in [3.05, 3.63) is 34.9 Å². The molecule has 2 aromatic rings. The molecule has 0 unspecified atom stereocenters. The molecule has 0 bridgehead atoms. The third-order valence-corrected chi connectivity index (χ3v) is 2.77. The number of anilines is 2. The molecule has 0 atom stereocenters. The Morgan fingerprint density at radius 1 is 1.42 bits per heavy atom. The fourth-order valence-corrected chi connectivity index (χ4v) is 1.86. The van der Waals surface area contributed by atoms with E-state index in [9.17, 15) is 9.59 Å². The van der Waals surface area contributed by atoms with Crippen molar-refractivity contribution in [3.8, 4) is 0 Å². The highest BCUT2D eigenvalue weighted by molar-refractivity contribution is 7.99. The zero-order valence-corrected chi connectivity index (χ0v) is 10.5. The van der Waals surface area contributed by atoms with Crippen LogP contribution < -0.4 is 16.6 Å². The molecule has 0 aliphatic carbocycles. The number of aromatic amines is 1. The molecule has 0 aromatic carbocycles. The van der Waals surface area contributed by atoms with E-state index in [2.05, 4.69) is 25.3 Å². The maximum Gasteiger partial charge on any atom is 0.253 e. The number of hydrogen-bond donors (Lipinski definition) is 3. The van der Waals surface area contributed by atoms with Crippen LogP contribution in [0.2, 0.25) is 0 Å². The number of carbonyl (C=O) groups excluding carboxylic acids is 1. The van der Waals surface area contributed by atoms with E-state index in [1.807, 2.05) is 0 Å². The van der Waals surface area contributed by atoms with E-state index in [0.717, 1.165) is 11.8 Å². The highest BCUT2D eigenvalue weighted by Crippen LogP contribution is 2.11. The van der Waals surface area contributed by atoms with Crippen molar-refractivity contribution < 1.29 is 4.79 Å². The van der Waals surface area contributed by atoms with Gasteiger partial charge >= 0.3 is 0 Å². The molecule has 0 aliphatic heterocycles. The van der Waals surface area contributed by atoms with Crippen LogP contribution in [0.3, 0.4) is 0 Å². The SMILES string of the molecule is Nc1cc(=O)[nH]c(SCC(=O)Nc2ncccn2)n1. The summed E-state index contributed by atoms with van der Waals surface area (Å²) in [6.45, 7) is 0. The topological polar surface area (TPSA) is 127 Å². The van der Waals surface area contributed by atoms with Gasteiger partial charge in [-0.1, -0.05) is 11.8 Å². The lowest BCUT2D eigenvalue weighted by Gasteiger charge is -2.03. The number of nitrogens with one attached hydrogen (secondary N) is 2. The Morgan fingerprint density at radius 3 is 2.84 bits per heavy atom. The van der Waals surface area contributed by atoms with Gasteiger partial charge in [0.05, 0.1) is 5.75 Å². The highest BCUT2D eigenvalue weighted by atomic mass is 32.2. The molecule has 0 saturated carbocycles. The molecule has 19 heavy (non-hydrogen) atoms. The van der Waals surface area contributed by atoms with Crippen molar-refractivity contribution in [3.63, 3.8) is 0 Å². The summed E-state index contributed by atoms with van der Waals surface area (Å²) in [5.41, 5.74) is 5.06. The molecule has 0 spiro atoms. The van der Waals surface area contributed by atoms with Crippen molar-refractivity contribution in [1.29, 1.82) is 0 Å². The molecule has 2 heterocycles. The number of nitrogen functional groups attached to an aromatic ring is 1. The second-order valence-electron chi connectivity index (χ2n) is 3.38. The summed E-state index contributed by atoms with van der Waals surface area (Å²) in [5, 5.41) is 2.79. The third kappa shape index (κ3) is 4.07. The van der Waals surface area contributed by atoms with Crippen LogP contribution >= 0.6 is 11.8 Å². The van der Waals surface area contributed by atoms with E-state index in [0.29, 0.717) is 0 Å². The van der Waals surface area contributed by atoms with Crippen LogP contribution in [-0.4, -0.2) is 31.6 Å². The van der Waals surface area contributed by atoms with E-state index in [1.54, 1.807) is 6.07 Å². The molecule has 0 radical (unpaired) electrons. The average molecular weight is 278 g/mol. The van der Waals surface area contributed by atoms with Gasteiger partial charge in [0.25, 0.3) is 5.56 Å². The fourth-order valence-electron chi connectivity index (χ4n) is 1.18. The van der Waals surface area contributed by atoms with Crippen LogP contribution in [-0.2, 0) is 4.79 Å². The molecular weight excluding hydrogens is 268 g/mol. The van der Waals surface area contributed by atoms with Crippen molar-refractivity contribution in [2.75, 3.05) is 16.8 Å². The molecule has 98 valence electrons. The molecule has 4 N–H and O–H groups in total. The van der Waals surface area contributed by atoms with E-state index < -0.39 is 0 Å². The summed E-state index contributed by atoms with van der Waals surface area (Å²) in [6.07, 6.45) is 3.04. The molecule has 8 nitrogen and oxygen atoms in total. The smallest absolute Gasteiger partial charge is 0.253 e. The van der Waals surface area contributed by atoms with Crippen LogP contribution in [0, 0.1) is 0 Å². The number of thioether (sulfide) groups is 1. The van der Waals surface area contributed by atoms with Gasteiger partial charge in [0, 0.05) is 18.5 Å². The molecule has 0 fully saturated rings. The van der Waals surface area contributed by atoms with Gasteiger partial charge in [0.15, 0.2) is 5.16 Å². The summed E-state index contributed by atoms with van der Waals surface area (Å²) < 4.78 is 0. The molecule has 9 heteroatoms. The number of H-pyrrole nitrogens is 1. The number of aromatic nitrogens is 4. The molecule has 0 saturated heterocycles. The monoisotopic (exact) mass is 278 g/mol. The van der Waals surface area contributed by atoms with Crippen LogP contribution in [0.15, 0.2) is 34.5 Å². The van der Waals surface area contributed by atoms with Crippen LogP contribution in [0.5, 0.6) is 0 Å². The standard InChI is InChI=1S/C10H10N6O2S/c11-6-4-7(17)16-10(14-6)19-5-8(18)15-9-12-2-1-3-13-9/h1-4H,5H2,(H3,11,14,16,17)(H,12,13,15,18). The van der Waals surface area contributed by atoms with Crippen LogP contribution in [0.1, 0.15) is 0 Å². The van der Waals surface area contributed by atoms with Crippen molar-refractivity contribution in [2.45, 2.75) is 5.16 Å². The second-order valence-corrected chi connectivity index (χ2v) is 4.35. The summed E-state index contributed by atoms with van der Waals surface area (Å²) in [7, 11) is 0. The Bertz CT molecular complexity index is 629. The predicted octanol–water partition coefficient (Wildman–Crippen LogP) is -0.127. The number of nitrogens with two attached hydrogens (primary N) is 1. The lowest BCUT2D eigenvalue weighted by atomic mass is 10.6. The van der Waals surface area contributed by atoms with Gasteiger partial charge < -0.3 is 10.7 Å². The minimum atomic E-state index is -0.359. The number of rotatable bonds is 4. The Hall–Kier alpha value is -2.42. The first kappa shape index (κ1) is 13.0. The maximum absolute atomic E-state index is 11.6. The first-order valence-corrected chi connectivity index (χ1v) is 6.18. The summed E-state index contributed by atoms with van der Waals surface area (Å²) in [6, 6.07) is 2.81. The second kappa shape index (κ2) is 5.96. The van der Waals surface area contributed by atoms with Crippen molar-refractivity contribution in [2.24, 2.45) is 0 Å². The lowest BCUT2D eigenvalue weighted by Crippen LogP contribution is -2.17. The molecule has 0 aliphatic rings. The Morgan fingerprint density at radius 2 is 2.16 bits per heavy atom. The summed E-state index contributed by atoms with van der Waals surface area (Å²) in [5.74, 6) is 0.0893. The van der Waals surface area contributed by atoms with E-state index in [-0.39, 0.29) is 34.1 Å². The van der Waals surface area contributed by atoms with Gasteiger partial charge in [-0.05, 0) is 6.07 Å². The Kier molecular flexibility index (Phi) is 4.08. The number of amides is 1. The summed E-state index contributed by atoms with van der Waals surface area (Å²) in [4.78, 5) is 36.8. The Balaban J connectivity index is 1.92. The maximum atomic E-state index is 11.6. The van der Waals surface area contributed by atoms with Crippen molar-refractivity contribution >= 4 is 29.4 Å². The minimum absolute atomic E-state index is 0.0602. The molecule has 1 amide bonds. The van der Waals surface area contributed by atoms with Gasteiger partial charge in [-0.25, -0.2) is 15.0 Å². The molecule has 2 aromatic heterocycles. The number of hydrogen-bond acceptors (Lipinski definition) is 7. The lowest BCUT2D eigenvalue weighted by molar-refractivity contribution is -0.113. The van der Waals surface area contributed by atoms with E-state index in [4.69, 9.17) is 5.73 Å². The molecular formula is C10H10N6O2S. The minimum Gasteiger partial charge on any atom is -0.383 e. The van der Waals surface area contributed by atoms with Crippen molar-refractivity contribution in [1.82, 2.24) is 19.9 Å². The fraction of sp³-hybridized carbons (Fsp3) is 0.100. The summed E-state index contributed by atoms with van der Waals surface area (Å²) >= 11 is 1.06. The first-order chi connectivity index (χ1) is 9.13.